The average molecular weight is 510 g/mol. The van der Waals surface area contributed by atoms with E-state index in [0.29, 0.717) is 37.0 Å². The Balaban J connectivity index is 0.00000361. The molecular formula is C27H33ClFN7. The van der Waals surface area contributed by atoms with E-state index in [4.69, 9.17) is 0 Å². The first-order valence-corrected chi connectivity index (χ1v) is 11.9. The van der Waals surface area contributed by atoms with Crippen molar-refractivity contribution < 1.29 is 4.39 Å². The van der Waals surface area contributed by atoms with Crippen molar-refractivity contribution in [3.63, 3.8) is 0 Å². The Kier molecular flexibility index (Phi) is 10.2. The fourth-order valence-corrected chi connectivity index (χ4v) is 4.16. The largest absolute Gasteiger partial charge is 0.351 e. The molecule has 0 amide bonds. The molecule has 1 aliphatic heterocycles. The third-order valence-electron chi connectivity index (χ3n) is 5.95. The Morgan fingerprint density at radius 1 is 0.861 bits per heavy atom. The first-order valence-electron chi connectivity index (χ1n) is 11.9. The smallest absolute Gasteiger partial charge is 0.231 e. The second-order valence-electron chi connectivity index (χ2n) is 8.45. The summed E-state index contributed by atoms with van der Waals surface area (Å²) in [6.45, 7) is 10.3. The highest BCUT2D eigenvalue weighted by molar-refractivity contribution is 5.85. The van der Waals surface area contributed by atoms with Gasteiger partial charge in [-0.1, -0.05) is 54.6 Å². The number of piperidine rings is 1. The number of benzene rings is 2. The van der Waals surface area contributed by atoms with Gasteiger partial charge in [-0.25, -0.2) is 4.39 Å². The summed E-state index contributed by atoms with van der Waals surface area (Å²) in [5, 5.41) is 10.1. The number of aromatic nitrogens is 3. The number of nitrogens with one attached hydrogen (secondary N) is 3. The molecule has 9 heteroatoms. The van der Waals surface area contributed by atoms with Gasteiger partial charge in [-0.05, 0) is 36.1 Å². The molecule has 0 saturated carbocycles. The molecule has 1 fully saturated rings. The van der Waals surface area contributed by atoms with Gasteiger partial charge in [0, 0.05) is 32.2 Å². The van der Waals surface area contributed by atoms with Gasteiger partial charge in [0.2, 0.25) is 17.8 Å². The summed E-state index contributed by atoms with van der Waals surface area (Å²) in [5.41, 5.74) is 2.21. The Bertz CT molecular complexity index is 1070. The zero-order valence-electron chi connectivity index (χ0n) is 20.2. The summed E-state index contributed by atoms with van der Waals surface area (Å²) in [7, 11) is 0. The van der Waals surface area contributed by atoms with Crippen molar-refractivity contribution in [3.8, 4) is 0 Å². The van der Waals surface area contributed by atoms with Crippen LogP contribution < -0.4 is 20.9 Å². The summed E-state index contributed by atoms with van der Waals surface area (Å²) >= 11 is 0. The Morgan fingerprint density at radius 3 is 1.97 bits per heavy atom. The average Bonchev–Trinajstić information content (AvgIpc) is 2.91. The Hall–Kier alpha value is -3.49. The quantitative estimate of drug-likeness (QED) is 0.315. The van der Waals surface area contributed by atoms with Gasteiger partial charge < -0.3 is 20.9 Å². The van der Waals surface area contributed by atoms with Crippen molar-refractivity contribution in [1.29, 1.82) is 0 Å². The highest BCUT2D eigenvalue weighted by Crippen LogP contribution is 2.26. The van der Waals surface area contributed by atoms with Crippen molar-refractivity contribution in [2.45, 2.75) is 24.9 Å². The molecule has 3 aromatic rings. The lowest BCUT2D eigenvalue weighted by atomic mass is 9.95. The van der Waals surface area contributed by atoms with Gasteiger partial charge >= 0.3 is 0 Å². The SMILES string of the molecule is C=CCNc1nc(NCC=C)nc(N2CCC(NC(c3ccccc3)c3ccc(F)cc3)CC2)n1.Cl. The molecule has 190 valence electrons. The first-order chi connectivity index (χ1) is 17.2. The third kappa shape index (κ3) is 7.26. The summed E-state index contributed by atoms with van der Waals surface area (Å²) in [6, 6.07) is 17.3. The second-order valence-corrected chi connectivity index (χ2v) is 8.45. The molecular weight excluding hydrogens is 477 g/mol. The lowest BCUT2D eigenvalue weighted by Gasteiger charge is -2.35. The molecule has 2 aromatic carbocycles. The van der Waals surface area contributed by atoms with E-state index in [2.05, 4.69) is 61.1 Å². The molecule has 0 spiro atoms. The van der Waals surface area contributed by atoms with Gasteiger partial charge in [0.25, 0.3) is 0 Å². The molecule has 7 nitrogen and oxygen atoms in total. The number of nitrogens with zero attached hydrogens (tertiary/aromatic N) is 4. The lowest BCUT2D eigenvalue weighted by Crippen LogP contribution is -2.44. The second kappa shape index (κ2) is 13.6. The third-order valence-corrected chi connectivity index (χ3v) is 5.95. The number of hydrogen-bond donors (Lipinski definition) is 3. The fourth-order valence-electron chi connectivity index (χ4n) is 4.16. The van der Waals surface area contributed by atoms with Crippen LogP contribution in [-0.2, 0) is 0 Å². The monoisotopic (exact) mass is 509 g/mol. The van der Waals surface area contributed by atoms with Crippen LogP contribution in [0.4, 0.5) is 22.2 Å². The van der Waals surface area contributed by atoms with Gasteiger partial charge in [-0.2, -0.15) is 15.0 Å². The standard InChI is InChI=1S/C27H32FN7.ClH/c1-3-16-29-25-32-26(30-17-4-2)34-27(33-25)35-18-14-23(15-19-35)31-24(20-8-6-5-7-9-20)21-10-12-22(28)13-11-21;/h3-13,23-24,31H,1-2,14-19H2,(H2,29,30,32,33,34);1H. The van der Waals surface area contributed by atoms with Crippen molar-refractivity contribution >= 4 is 30.3 Å². The van der Waals surface area contributed by atoms with Crippen LogP contribution in [0.15, 0.2) is 79.9 Å². The first kappa shape index (κ1) is 27.1. The van der Waals surface area contributed by atoms with Gasteiger partial charge in [0.1, 0.15) is 5.82 Å². The van der Waals surface area contributed by atoms with E-state index in [1.165, 1.54) is 12.1 Å². The van der Waals surface area contributed by atoms with E-state index in [1.807, 2.05) is 30.3 Å². The highest BCUT2D eigenvalue weighted by atomic mass is 35.5. The van der Waals surface area contributed by atoms with E-state index in [0.717, 1.165) is 37.1 Å². The fraction of sp³-hybridized carbons (Fsp3) is 0.296. The van der Waals surface area contributed by atoms with Crippen molar-refractivity contribution in [2.24, 2.45) is 0 Å². The van der Waals surface area contributed by atoms with E-state index in [-0.39, 0.29) is 24.3 Å². The number of halogens is 2. The molecule has 0 aliphatic carbocycles. The van der Waals surface area contributed by atoms with Crippen LogP contribution >= 0.6 is 12.4 Å². The number of hydrogen-bond acceptors (Lipinski definition) is 7. The van der Waals surface area contributed by atoms with E-state index < -0.39 is 0 Å². The van der Waals surface area contributed by atoms with Gasteiger partial charge in [0.15, 0.2) is 0 Å². The molecule has 1 unspecified atom stereocenters. The molecule has 1 aromatic heterocycles. The maximum absolute atomic E-state index is 13.5. The van der Waals surface area contributed by atoms with Crippen LogP contribution in [0.2, 0.25) is 0 Å². The summed E-state index contributed by atoms with van der Waals surface area (Å²) in [4.78, 5) is 15.8. The highest BCUT2D eigenvalue weighted by Gasteiger charge is 2.25. The van der Waals surface area contributed by atoms with Crippen LogP contribution in [0.3, 0.4) is 0 Å². The van der Waals surface area contributed by atoms with E-state index in [1.54, 1.807) is 12.2 Å². The predicted molar refractivity (Wildman–Crippen MR) is 148 cm³/mol. The Labute approximate surface area is 218 Å². The summed E-state index contributed by atoms with van der Waals surface area (Å²) < 4.78 is 13.5. The minimum Gasteiger partial charge on any atom is -0.351 e. The molecule has 4 rings (SSSR count). The molecule has 2 heterocycles. The van der Waals surface area contributed by atoms with Crippen LogP contribution in [0.5, 0.6) is 0 Å². The molecule has 3 N–H and O–H groups in total. The Morgan fingerprint density at radius 2 is 1.42 bits per heavy atom. The lowest BCUT2D eigenvalue weighted by molar-refractivity contribution is 0.388. The van der Waals surface area contributed by atoms with Crippen LogP contribution in [-0.4, -0.2) is 47.2 Å². The zero-order chi connectivity index (χ0) is 24.5. The van der Waals surface area contributed by atoms with Crippen LogP contribution in [0, 0.1) is 5.82 Å². The topological polar surface area (TPSA) is 78.0 Å². The van der Waals surface area contributed by atoms with Gasteiger partial charge in [0.05, 0.1) is 6.04 Å². The molecule has 1 aliphatic rings. The number of anilines is 3. The van der Waals surface area contributed by atoms with E-state index in [9.17, 15) is 4.39 Å². The zero-order valence-corrected chi connectivity index (χ0v) is 21.1. The number of rotatable bonds is 11. The van der Waals surface area contributed by atoms with Crippen LogP contribution in [0.25, 0.3) is 0 Å². The van der Waals surface area contributed by atoms with Crippen molar-refractivity contribution in [2.75, 3.05) is 41.7 Å². The summed E-state index contributed by atoms with van der Waals surface area (Å²) in [5.74, 6) is 1.45. The maximum Gasteiger partial charge on any atom is 0.231 e. The van der Waals surface area contributed by atoms with Crippen LogP contribution in [0.1, 0.15) is 30.0 Å². The predicted octanol–water partition coefficient (Wildman–Crippen LogP) is 4.98. The molecule has 0 bridgehead atoms. The minimum absolute atomic E-state index is 0. The molecule has 0 radical (unpaired) electrons. The summed E-state index contributed by atoms with van der Waals surface area (Å²) in [6.07, 6.45) is 5.39. The molecule has 1 saturated heterocycles. The minimum atomic E-state index is -0.227. The molecule has 1 atom stereocenters. The normalized spacial score (nSPS) is 14.4. The van der Waals surface area contributed by atoms with Gasteiger partial charge in [-0.15, -0.1) is 25.6 Å². The van der Waals surface area contributed by atoms with Gasteiger partial charge in [-0.3, -0.25) is 0 Å². The maximum atomic E-state index is 13.5. The van der Waals surface area contributed by atoms with Crippen molar-refractivity contribution in [3.05, 3.63) is 96.9 Å². The molecule has 36 heavy (non-hydrogen) atoms. The van der Waals surface area contributed by atoms with E-state index >= 15 is 0 Å². The van der Waals surface area contributed by atoms with Crippen molar-refractivity contribution in [1.82, 2.24) is 20.3 Å².